The van der Waals surface area contributed by atoms with Gasteiger partial charge in [0.15, 0.2) is 0 Å². The number of hydrogen-bond donors (Lipinski definition) is 2. The molecule has 2 rings (SSSR count). The van der Waals surface area contributed by atoms with Crippen molar-refractivity contribution in [1.82, 2.24) is 0 Å². The molecule has 2 aromatic rings. The maximum absolute atomic E-state index is 11.9. The second-order valence-corrected chi connectivity index (χ2v) is 6.48. The van der Waals surface area contributed by atoms with Gasteiger partial charge in [0.2, 0.25) is 0 Å². The summed E-state index contributed by atoms with van der Waals surface area (Å²) in [6.07, 6.45) is 1.71. The molecule has 0 saturated heterocycles. The standard InChI is InChI=1S/C16H19O6P/c17-16(18)8-2-1-5-11-21-23(19,20)22-15-10-9-13-6-3-4-7-14(13)12-15/h3-4,6-7,9-10,12H,1-2,5,8,11H2,(H,17,18)(H,19,20). The van der Waals surface area contributed by atoms with Gasteiger partial charge in [-0.1, -0.05) is 36.8 Å². The zero-order valence-corrected chi connectivity index (χ0v) is 13.4. The maximum Gasteiger partial charge on any atom is 0.527 e. The third kappa shape index (κ3) is 6.02. The van der Waals surface area contributed by atoms with E-state index in [1.807, 2.05) is 24.3 Å². The van der Waals surface area contributed by atoms with Crippen LogP contribution in [0.3, 0.4) is 0 Å². The fraction of sp³-hybridized carbons (Fsp3) is 0.312. The van der Waals surface area contributed by atoms with Crippen LogP contribution in [0.4, 0.5) is 0 Å². The maximum atomic E-state index is 11.9. The van der Waals surface area contributed by atoms with Crippen molar-refractivity contribution in [1.29, 1.82) is 0 Å². The molecular formula is C16H19O6P. The van der Waals surface area contributed by atoms with Gasteiger partial charge in [-0.15, -0.1) is 0 Å². The molecule has 0 bridgehead atoms. The Morgan fingerprint density at radius 3 is 2.52 bits per heavy atom. The van der Waals surface area contributed by atoms with Crippen LogP contribution in [0.5, 0.6) is 5.75 Å². The van der Waals surface area contributed by atoms with E-state index in [0.717, 1.165) is 10.8 Å². The number of unbranched alkanes of at least 4 members (excludes halogenated alkanes) is 2. The number of rotatable bonds is 9. The smallest absolute Gasteiger partial charge is 0.481 e. The van der Waals surface area contributed by atoms with Crippen LogP contribution in [-0.2, 0) is 13.9 Å². The molecule has 1 atom stereocenters. The summed E-state index contributed by atoms with van der Waals surface area (Å²) in [5, 5.41) is 10.4. The van der Waals surface area contributed by atoms with Gasteiger partial charge in [0.25, 0.3) is 0 Å². The van der Waals surface area contributed by atoms with Crippen molar-refractivity contribution >= 4 is 24.6 Å². The van der Waals surface area contributed by atoms with Crippen molar-refractivity contribution in [2.45, 2.75) is 25.7 Å². The third-order valence-electron chi connectivity index (χ3n) is 3.23. The van der Waals surface area contributed by atoms with Crippen LogP contribution in [0.2, 0.25) is 0 Å². The Morgan fingerprint density at radius 1 is 1.04 bits per heavy atom. The predicted octanol–water partition coefficient (Wildman–Crippen LogP) is 3.98. The van der Waals surface area contributed by atoms with E-state index >= 15 is 0 Å². The van der Waals surface area contributed by atoms with E-state index in [0.29, 0.717) is 19.3 Å². The van der Waals surface area contributed by atoms with Crippen LogP contribution in [0.15, 0.2) is 42.5 Å². The predicted molar refractivity (Wildman–Crippen MR) is 86.5 cm³/mol. The number of carboxylic acids is 1. The Hall–Kier alpha value is -1.88. The number of phosphoric ester groups is 1. The molecule has 0 saturated carbocycles. The lowest BCUT2D eigenvalue weighted by Gasteiger charge is -2.13. The van der Waals surface area contributed by atoms with Crippen molar-refractivity contribution in [3.8, 4) is 5.75 Å². The summed E-state index contributed by atoms with van der Waals surface area (Å²) >= 11 is 0. The highest BCUT2D eigenvalue weighted by Gasteiger charge is 2.22. The van der Waals surface area contributed by atoms with Crippen LogP contribution in [0, 0.1) is 0 Å². The number of benzene rings is 2. The molecule has 0 radical (unpaired) electrons. The third-order valence-corrected chi connectivity index (χ3v) is 4.18. The molecule has 0 amide bonds. The Bertz CT molecular complexity index is 715. The second kappa shape index (κ2) is 8.11. The van der Waals surface area contributed by atoms with E-state index in [9.17, 15) is 14.3 Å². The van der Waals surface area contributed by atoms with Crippen molar-refractivity contribution in [3.63, 3.8) is 0 Å². The average Bonchev–Trinajstić information content (AvgIpc) is 2.50. The van der Waals surface area contributed by atoms with Gasteiger partial charge in [0, 0.05) is 6.42 Å². The van der Waals surface area contributed by atoms with Crippen LogP contribution in [-0.4, -0.2) is 22.6 Å². The van der Waals surface area contributed by atoms with Gasteiger partial charge in [-0.25, -0.2) is 4.57 Å². The lowest BCUT2D eigenvalue weighted by Crippen LogP contribution is -2.00. The number of hydrogen-bond acceptors (Lipinski definition) is 4. The van der Waals surface area contributed by atoms with Crippen LogP contribution in [0.25, 0.3) is 10.8 Å². The molecule has 0 spiro atoms. The molecule has 0 aliphatic heterocycles. The molecule has 0 aliphatic rings. The Balaban J connectivity index is 1.82. The van der Waals surface area contributed by atoms with Gasteiger partial charge in [-0.3, -0.25) is 14.2 Å². The number of phosphoric acid groups is 1. The number of carboxylic acid groups (broad SMARTS) is 1. The zero-order valence-electron chi connectivity index (χ0n) is 12.6. The average molecular weight is 338 g/mol. The molecule has 6 nitrogen and oxygen atoms in total. The topological polar surface area (TPSA) is 93.1 Å². The summed E-state index contributed by atoms with van der Waals surface area (Å²) in [7, 11) is -4.18. The Kier molecular flexibility index (Phi) is 6.16. The largest absolute Gasteiger partial charge is 0.527 e. The van der Waals surface area contributed by atoms with E-state index in [1.54, 1.807) is 18.2 Å². The number of carbonyl (C=O) groups is 1. The van der Waals surface area contributed by atoms with Gasteiger partial charge in [0.1, 0.15) is 5.75 Å². The van der Waals surface area contributed by atoms with E-state index < -0.39 is 13.8 Å². The molecule has 2 aromatic carbocycles. The van der Waals surface area contributed by atoms with Crippen molar-refractivity contribution in [2.75, 3.05) is 6.61 Å². The molecule has 1 unspecified atom stereocenters. The van der Waals surface area contributed by atoms with Crippen LogP contribution in [0.1, 0.15) is 25.7 Å². The lowest BCUT2D eigenvalue weighted by atomic mass is 10.1. The second-order valence-electron chi connectivity index (χ2n) is 5.11. The first-order valence-corrected chi connectivity index (χ1v) is 8.83. The first kappa shape index (κ1) is 17.5. The van der Waals surface area contributed by atoms with Gasteiger partial charge in [-0.2, -0.15) is 0 Å². The summed E-state index contributed by atoms with van der Waals surface area (Å²) in [6.45, 7) is 0.0426. The summed E-state index contributed by atoms with van der Waals surface area (Å²) in [6, 6.07) is 12.7. The molecule has 7 heteroatoms. The van der Waals surface area contributed by atoms with Crippen molar-refractivity contribution in [2.24, 2.45) is 0 Å². The van der Waals surface area contributed by atoms with Crippen molar-refractivity contribution in [3.05, 3.63) is 42.5 Å². The molecule has 0 aliphatic carbocycles. The van der Waals surface area contributed by atoms with Gasteiger partial charge in [0.05, 0.1) is 6.61 Å². The first-order valence-electron chi connectivity index (χ1n) is 7.34. The minimum Gasteiger partial charge on any atom is -0.481 e. The van der Waals surface area contributed by atoms with E-state index in [2.05, 4.69) is 0 Å². The SMILES string of the molecule is O=C(O)CCCCCOP(=O)(O)Oc1ccc2ccccc2c1. The summed E-state index contributed by atoms with van der Waals surface area (Å²) < 4.78 is 21.8. The summed E-state index contributed by atoms with van der Waals surface area (Å²) in [4.78, 5) is 20.1. The van der Waals surface area contributed by atoms with Crippen molar-refractivity contribution < 1.29 is 28.4 Å². The highest BCUT2D eigenvalue weighted by Crippen LogP contribution is 2.44. The molecule has 2 N–H and O–H groups in total. The van der Waals surface area contributed by atoms with Crippen LogP contribution >= 0.6 is 7.82 Å². The quantitative estimate of drug-likeness (QED) is 0.531. The van der Waals surface area contributed by atoms with Gasteiger partial charge in [-0.05, 0) is 35.7 Å². The minimum absolute atomic E-state index is 0.0426. The minimum atomic E-state index is -4.18. The Morgan fingerprint density at radius 2 is 1.78 bits per heavy atom. The van der Waals surface area contributed by atoms with Crippen LogP contribution < -0.4 is 4.52 Å². The highest BCUT2D eigenvalue weighted by molar-refractivity contribution is 7.47. The van der Waals surface area contributed by atoms with Gasteiger partial charge >= 0.3 is 13.8 Å². The highest BCUT2D eigenvalue weighted by atomic mass is 31.2. The normalized spacial score (nSPS) is 13.6. The fourth-order valence-corrected chi connectivity index (χ4v) is 2.91. The van der Waals surface area contributed by atoms with E-state index in [-0.39, 0.29) is 18.8 Å². The van der Waals surface area contributed by atoms with E-state index in [4.69, 9.17) is 14.2 Å². The Labute approximate surface area is 134 Å². The molecule has 124 valence electrons. The first-order chi connectivity index (χ1) is 11.0. The molecule has 23 heavy (non-hydrogen) atoms. The van der Waals surface area contributed by atoms with E-state index in [1.165, 1.54) is 0 Å². The molecular weight excluding hydrogens is 319 g/mol. The lowest BCUT2D eigenvalue weighted by molar-refractivity contribution is -0.137. The summed E-state index contributed by atoms with van der Waals surface area (Å²) in [5.41, 5.74) is 0. The fourth-order valence-electron chi connectivity index (χ4n) is 2.12. The summed E-state index contributed by atoms with van der Waals surface area (Å²) in [5.74, 6) is -0.584. The molecule has 0 fully saturated rings. The number of aliphatic carboxylic acids is 1. The number of fused-ring (bicyclic) bond motifs is 1. The zero-order chi connectivity index (χ0) is 16.7. The molecule has 0 heterocycles. The monoisotopic (exact) mass is 338 g/mol. The molecule has 0 aromatic heterocycles. The van der Waals surface area contributed by atoms with Gasteiger partial charge < -0.3 is 9.63 Å².